The summed E-state index contributed by atoms with van der Waals surface area (Å²) in [6.45, 7) is 5.14. The Morgan fingerprint density at radius 2 is 1.50 bits per heavy atom. The maximum atomic E-state index is 13.6. The maximum absolute atomic E-state index is 13.6. The molecule has 1 atom stereocenters. The van der Waals surface area contributed by atoms with Crippen LogP contribution in [-0.4, -0.2) is 26.2 Å². The number of nitrogens with zero attached hydrogens (tertiary/aromatic N) is 1. The molecule has 0 heterocycles. The van der Waals surface area contributed by atoms with Gasteiger partial charge in [0.05, 0.1) is 10.6 Å². The lowest BCUT2D eigenvalue weighted by atomic mass is 10.1. The van der Waals surface area contributed by atoms with Crippen LogP contribution in [0.3, 0.4) is 0 Å². The van der Waals surface area contributed by atoms with Crippen molar-refractivity contribution in [2.24, 2.45) is 0 Å². The highest BCUT2D eigenvalue weighted by molar-refractivity contribution is 7.93. The van der Waals surface area contributed by atoms with Crippen LogP contribution in [0.15, 0.2) is 83.8 Å². The Morgan fingerprint density at radius 3 is 2.06 bits per heavy atom. The van der Waals surface area contributed by atoms with E-state index in [4.69, 9.17) is 0 Å². The largest absolute Gasteiger partial charge is 0.350 e. The van der Waals surface area contributed by atoms with Gasteiger partial charge in [0.2, 0.25) is 5.91 Å². The zero-order valence-electron chi connectivity index (χ0n) is 18.3. The van der Waals surface area contributed by atoms with Crippen molar-refractivity contribution in [1.29, 1.82) is 0 Å². The van der Waals surface area contributed by atoms with Gasteiger partial charge in [0.25, 0.3) is 10.0 Å². The van der Waals surface area contributed by atoms with Crippen molar-refractivity contribution in [3.8, 4) is 0 Å². The molecule has 0 bridgehead atoms. The predicted octanol–water partition coefficient (Wildman–Crippen LogP) is 4.10. The van der Waals surface area contributed by atoms with Crippen LogP contribution in [0.5, 0.6) is 0 Å². The van der Waals surface area contributed by atoms with Gasteiger partial charge in [-0.15, -0.1) is 0 Å². The minimum atomic E-state index is -4.04. The lowest BCUT2D eigenvalue weighted by Crippen LogP contribution is -2.48. The summed E-state index contributed by atoms with van der Waals surface area (Å²) >= 11 is 0. The van der Waals surface area contributed by atoms with E-state index in [-0.39, 0.29) is 17.2 Å². The second-order valence-electron chi connectivity index (χ2n) is 7.60. The number of sulfonamides is 1. The molecule has 7 heteroatoms. The fraction of sp³-hybridized carbons (Fsp3) is 0.200. The molecule has 166 valence electrons. The minimum absolute atomic E-state index is 0.0847. The minimum Gasteiger partial charge on any atom is -0.350 e. The average molecular weight is 451 g/mol. The first-order valence-corrected chi connectivity index (χ1v) is 11.7. The number of hydrogen-bond donors (Lipinski definition) is 1. The van der Waals surface area contributed by atoms with E-state index < -0.39 is 22.0 Å². The van der Waals surface area contributed by atoms with Gasteiger partial charge in [-0.1, -0.05) is 48.0 Å². The van der Waals surface area contributed by atoms with Gasteiger partial charge >= 0.3 is 0 Å². The summed E-state index contributed by atoms with van der Waals surface area (Å²) in [5.74, 6) is -0.557. The van der Waals surface area contributed by atoms with Crippen LogP contribution >= 0.6 is 0 Å². The molecular weight excluding hydrogens is 424 g/mol. The molecule has 32 heavy (non-hydrogen) atoms. The van der Waals surface area contributed by atoms with Crippen molar-refractivity contribution in [3.05, 3.63) is 95.6 Å². The van der Waals surface area contributed by atoms with Crippen molar-refractivity contribution in [2.45, 2.75) is 38.3 Å². The van der Waals surface area contributed by atoms with Gasteiger partial charge in [0.1, 0.15) is 6.04 Å². The summed E-state index contributed by atoms with van der Waals surface area (Å²) in [6, 6.07) is 21.0. The Bertz CT molecular complexity index is 1190. The zero-order chi connectivity index (χ0) is 23.3. The van der Waals surface area contributed by atoms with E-state index in [0.717, 1.165) is 15.4 Å². The Hall–Kier alpha value is -3.45. The number of anilines is 1. The Balaban J connectivity index is 1.96. The summed E-state index contributed by atoms with van der Waals surface area (Å²) in [7, 11) is -4.04. The summed E-state index contributed by atoms with van der Waals surface area (Å²) in [5.41, 5.74) is 2.60. The van der Waals surface area contributed by atoms with E-state index in [2.05, 4.69) is 5.32 Å². The van der Waals surface area contributed by atoms with Crippen molar-refractivity contribution in [1.82, 2.24) is 5.32 Å². The van der Waals surface area contributed by atoms with Crippen LogP contribution in [0, 0.1) is 6.92 Å². The Kier molecular flexibility index (Phi) is 7.10. The molecule has 1 unspecified atom stereocenters. The molecule has 0 spiro atoms. The summed E-state index contributed by atoms with van der Waals surface area (Å²) in [5, 5.41) is 2.81. The van der Waals surface area contributed by atoms with Crippen molar-refractivity contribution in [3.63, 3.8) is 0 Å². The van der Waals surface area contributed by atoms with Gasteiger partial charge in [-0.05, 0) is 62.7 Å². The number of aryl methyl sites for hydroxylation is 1. The van der Waals surface area contributed by atoms with E-state index in [0.29, 0.717) is 11.3 Å². The van der Waals surface area contributed by atoms with E-state index >= 15 is 0 Å². The molecule has 1 amide bonds. The molecule has 1 N–H and O–H groups in total. The third kappa shape index (κ3) is 5.23. The number of Topliss-reactive ketones (excluding diaryl/α,β-unsaturated/α-hetero) is 1. The van der Waals surface area contributed by atoms with Gasteiger partial charge in [0.15, 0.2) is 5.78 Å². The molecule has 6 nitrogen and oxygen atoms in total. The molecule has 0 radical (unpaired) electrons. The first-order chi connectivity index (χ1) is 15.2. The molecule has 0 aliphatic carbocycles. The molecule has 3 aromatic carbocycles. The first kappa shape index (κ1) is 23.2. The van der Waals surface area contributed by atoms with Gasteiger partial charge < -0.3 is 5.32 Å². The smallest absolute Gasteiger partial charge is 0.265 e. The van der Waals surface area contributed by atoms with E-state index in [1.807, 2.05) is 37.3 Å². The number of carbonyl (C=O) groups excluding carboxylic acids is 2. The SMILES string of the molecule is CC(=O)c1ccc(N(C(C)C(=O)NCc2ccccc2)S(=O)(=O)c2ccc(C)cc2)cc1. The van der Waals surface area contributed by atoms with E-state index in [9.17, 15) is 18.0 Å². The summed E-state index contributed by atoms with van der Waals surface area (Å²) in [6.07, 6.45) is 0. The molecule has 0 saturated carbocycles. The molecule has 0 aromatic heterocycles. The lowest BCUT2D eigenvalue weighted by Gasteiger charge is -2.30. The number of ketones is 1. The third-order valence-corrected chi connectivity index (χ3v) is 7.06. The molecule has 0 aliphatic rings. The van der Waals surface area contributed by atoms with Crippen LogP contribution < -0.4 is 9.62 Å². The van der Waals surface area contributed by atoms with Crippen molar-refractivity contribution in [2.75, 3.05) is 4.31 Å². The molecule has 3 aromatic rings. The second-order valence-corrected chi connectivity index (χ2v) is 9.41. The highest BCUT2D eigenvalue weighted by Crippen LogP contribution is 2.27. The molecular formula is C25H26N2O4S. The number of carbonyl (C=O) groups is 2. The molecule has 3 rings (SSSR count). The average Bonchev–Trinajstić information content (AvgIpc) is 2.78. The highest BCUT2D eigenvalue weighted by Gasteiger charge is 2.33. The quantitative estimate of drug-likeness (QED) is 0.524. The number of benzene rings is 3. The van der Waals surface area contributed by atoms with Crippen LogP contribution in [-0.2, 0) is 21.4 Å². The fourth-order valence-electron chi connectivity index (χ4n) is 3.28. The zero-order valence-corrected chi connectivity index (χ0v) is 19.1. The molecule has 0 fully saturated rings. The number of hydrogen-bond acceptors (Lipinski definition) is 4. The molecule has 0 saturated heterocycles. The van der Waals surface area contributed by atoms with Gasteiger partial charge in [-0.2, -0.15) is 0 Å². The molecule has 0 aliphatic heterocycles. The number of nitrogens with one attached hydrogen (secondary N) is 1. The standard InChI is InChI=1S/C25H26N2O4S/c1-18-9-15-24(16-10-18)32(30,31)27(23-13-11-22(12-14-23)20(3)28)19(2)25(29)26-17-21-7-5-4-6-8-21/h4-16,19H,17H2,1-3H3,(H,26,29). The summed E-state index contributed by atoms with van der Waals surface area (Å²) < 4.78 is 28.2. The Morgan fingerprint density at radius 1 is 0.906 bits per heavy atom. The normalized spacial score (nSPS) is 12.1. The Labute approximate surface area is 188 Å². The van der Waals surface area contributed by atoms with Gasteiger partial charge in [0, 0.05) is 12.1 Å². The summed E-state index contributed by atoms with van der Waals surface area (Å²) in [4.78, 5) is 24.7. The highest BCUT2D eigenvalue weighted by atomic mass is 32.2. The van der Waals surface area contributed by atoms with E-state index in [1.54, 1.807) is 43.3 Å². The fourth-order valence-corrected chi connectivity index (χ4v) is 4.90. The number of rotatable bonds is 8. The van der Waals surface area contributed by atoms with Crippen LogP contribution in [0.25, 0.3) is 0 Å². The monoisotopic (exact) mass is 450 g/mol. The van der Waals surface area contributed by atoms with E-state index in [1.165, 1.54) is 19.1 Å². The van der Waals surface area contributed by atoms with Crippen LogP contribution in [0.2, 0.25) is 0 Å². The maximum Gasteiger partial charge on any atom is 0.265 e. The topological polar surface area (TPSA) is 83.6 Å². The predicted molar refractivity (Wildman–Crippen MR) is 125 cm³/mol. The van der Waals surface area contributed by atoms with Crippen molar-refractivity contribution < 1.29 is 18.0 Å². The lowest BCUT2D eigenvalue weighted by molar-refractivity contribution is -0.122. The van der Waals surface area contributed by atoms with Gasteiger partial charge in [-0.3, -0.25) is 13.9 Å². The second kappa shape index (κ2) is 9.78. The third-order valence-electron chi connectivity index (χ3n) is 5.15. The van der Waals surface area contributed by atoms with Crippen LogP contribution in [0.4, 0.5) is 5.69 Å². The number of amides is 1. The van der Waals surface area contributed by atoms with Gasteiger partial charge in [-0.25, -0.2) is 8.42 Å². The van der Waals surface area contributed by atoms with Crippen molar-refractivity contribution >= 4 is 27.4 Å². The van der Waals surface area contributed by atoms with Crippen LogP contribution in [0.1, 0.15) is 35.3 Å². The first-order valence-electron chi connectivity index (χ1n) is 10.2.